The minimum absolute atomic E-state index is 0.0132. The number of fused-ring (bicyclic) bond motifs is 2. The van der Waals surface area contributed by atoms with E-state index in [1.807, 2.05) is 0 Å². The molecule has 2 N–H and O–H groups in total. The van der Waals surface area contributed by atoms with Gasteiger partial charge in [-0.3, -0.25) is 14.1 Å². The molecule has 2 aliphatic heterocycles. The van der Waals surface area contributed by atoms with E-state index < -0.39 is 24.3 Å². The van der Waals surface area contributed by atoms with Crippen molar-refractivity contribution < 1.29 is 27.4 Å². The van der Waals surface area contributed by atoms with Crippen molar-refractivity contribution in [1.82, 2.24) is 39.2 Å². The molecule has 200 valence electrons. The molecule has 0 saturated carbocycles. The average Bonchev–Trinajstić information content (AvgIpc) is 3.43. The number of rotatable bonds is 6. The second kappa shape index (κ2) is 9.09. The maximum absolute atomic E-state index is 15.3. The molecule has 2 saturated heterocycles. The highest BCUT2D eigenvalue weighted by atomic mass is 19.3. The van der Waals surface area contributed by atoms with Crippen LogP contribution in [0.2, 0.25) is 0 Å². The Morgan fingerprint density at radius 1 is 1.24 bits per heavy atom. The van der Waals surface area contributed by atoms with E-state index >= 15 is 4.39 Å². The molecule has 2 aliphatic rings. The van der Waals surface area contributed by atoms with Gasteiger partial charge in [-0.05, 0) is 6.42 Å². The summed E-state index contributed by atoms with van der Waals surface area (Å²) in [7, 11) is 2.83. The van der Waals surface area contributed by atoms with Crippen LogP contribution >= 0.6 is 0 Å². The van der Waals surface area contributed by atoms with Gasteiger partial charge < -0.3 is 20.1 Å². The predicted molar refractivity (Wildman–Crippen MR) is 128 cm³/mol. The number of hydrogen-bond donors (Lipinski definition) is 2. The largest absolute Gasteiger partial charge is 0.479 e. The number of imidazole rings is 1. The first-order valence-corrected chi connectivity index (χ1v) is 11.9. The van der Waals surface area contributed by atoms with Gasteiger partial charge in [0.2, 0.25) is 17.6 Å². The highest BCUT2D eigenvalue weighted by molar-refractivity contribution is 5.93. The van der Waals surface area contributed by atoms with Crippen LogP contribution in [0.5, 0.6) is 5.88 Å². The van der Waals surface area contributed by atoms with Crippen LogP contribution in [-0.4, -0.2) is 98.2 Å². The molecule has 1 amide bonds. The Bertz CT molecular complexity index is 1530. The fourth-order valence-electron chi connectivity index (χ4n) is 4.84. The second-order valence-electron chi connectivity index (χ2n) is 9.23. The monoisotopic (exact) mass is 531 g/mol. The molecular formula is C23H24F3N9O3. The van der Waals surface area contributed by atoms with E-state index in [-0.39, 0.29) is 52.7 Å². The van der Waals surface area contributed by atoms with Gasteiger partial charge >= 0.3 is 0 Å². The third-order valence-corrected chi connectivity index (χ3v) is 6.93. The summed E-state index contributed by atoms with van der Waals surface area (Å²) in [4.78, 5) is 26.5. The van der Waals surface area contributed by atoms with Crippen molar-refractivity contribution in [3.8, 4) is 17.0 Å². The molecule has 1 atom stereocenters. The van der Waals surface area contributed by atoms with Crippen molar-refractivity contribution in [2.24, 2.45) is 0 Å². The first kappa shape index (κ1) is 24.4. The van der Waals surface area contributed by atoms with E-state index in [0.717, 1.165) is 6.20 Å². The lowest BCUT2D eigenvalue weighted by Gasteiger charge is -2.44. The van der Waals surface area contributed by atoms with Crippen molar-refractivity contribution in [2.45, 2.75) is 24.4 Å². The normalized spacial score (nSPS) is 20.0. The van der Waals surface area contributed by atoms with Crippen molar-refractivity contribution in [3.63, 3.8) is 0 Å². The topological polar surface area (TPSA) is 123 Å². The van der Waals surface area contributed by atoms with Gasteiger partial charge in [-0.25, -0.2) is 27.7 Å². The number of carbonyl (C=O) groups excluding carboxylic acids is 1. The summed E-state index contributed by atoms with van der Waals surface area (Å²) in [5.74, 6) is -3.99. The van der Waals surface area contributed by atoms with Gasteiger partial charge in [0.05, 0.1) is 56.9 Å². The van der Waals surface area contributed by atoms with Crippen LogP contribution in [0.3, 0.4) is 0 Å². The minimum atomic E-state index is -3.04. The van der Waals surface area contributed by atoms with Gasteiger partial charge in [0.1, 0.15) is 11.2 Å². The smallest absolute Gasteiger partial charge is 0.280 e. The summed E-state index contributed by atoms with van der Waals surface area (Å²) >= 11 is 0. The zero-order valence-corrected chi connectivity index (χ0v) is 20.5. The van der Waals surface area contributed by atoms with E-state index in [2.05, 4.69) is 30.7 Å². The van der Waals surface area contributed by atoms with Crippen LogP contribution in [0.1, 0.15) is 16.9 Å². The Kier molecular flexibility index (Phi) is 5.83. The highest BCUT2D eigenvalue weighted by Crippen LogP contribution is 2.35. The van der Waals surface area contributed by atoms with Crippen LogP contribution < -0.4 is 15.4 Å². The summed E-state index contributed by atoms with van der Waals surface area (Å²) < 4.78 is 58.4. The first-order valence-electron chi connectivity index (χ1n) is 11.9. The Labute approximate surface area is 213 Å². The third kappa shape index (κ3) is 3.98. The number of likely N-dealkylation sites (tertiary alicyclic amines) is 1. The molecule has 0 spiro atoms. The number of methoxy groups -OCH3 is 1. The molecule has 4 aromatic heterocycles. The fraction of sp³-hybridized carbons (Fsp3) is 0.435. The number of halogens is 3. The molecular weight excluding hydrogens is 507 g/mol. The third-order valence-electron chi connectivity index (χ3n) is 6.93. The zero-order chi connectivity index (χ0) is 26.6. The summed E-state index contributed by atoms with van der Waals surface area (Å²) in [6.07, 6.45) is 5.56. The summed E-state index contributed by atoms with van der Waals surface area (Å²) in [5.41, 5.74) is 0.764. The van der Waals surface area contributed by atoms with Gasteiger partial charge in [-0.1, -0.05) is 0 Å². The van der Waals surface area contributed by atoms with Crippen molar-refractivity contribution in [2.75, 3.05) is 45.8 Å². The van der Waals surface area contributed by atoms with Gasteiger partial charge in [-0.2, -0.15) is 4.98 Å². The minimum Gasteiger partial charge on any atom is -0.479 e. The van der Waals surface area contributed by atoms with Crippen molar-refractivity contribution >= 4 is 23.1 Å². The Balaban J connectivity index is 1.35. The number of nitrogens with zero attached hydrogens (tertiary/aromatic N) is 7. The number of anilines is 1. The molecule has 4 aromatic rings. The van der Waals surface area contributed by atoms with Gasteiger partial charge in [-0.15, -0.1) is 5.10 Å². The number of ether oxygens (including phenoxy) is 2. The highest BCUT2D eigenvalue weighted by Gasteiger charge is 2.47. The number of alkyl halides is 2. The summed E-state index contributed by atoms with van der Waals surface area (Å²) in [6.45, 7) is 0.999. The Morgan fingerprint density at radius 3 is 2.71 bits per heavy atom. The van der Waals surface area contributed by atoms with Crippen LogP contribution in [0.4, 0.5) is 19.1 Å². The molecule has 15 heteroatoms. The molecule has 0 aliphatic carbocycles. The number of aromatic nitrogens is 6. The number of hydrogen-bond acceptors (Lipinski definition) is 9. The van der Waals surface area contributed by atoms with Gasteiger partial charge in [0.15, 0.2) is 5.82 Å². The van der Waals surface area contributed by atoms with E-state index in [4.69, 9.17) is 9.47 Å². The molecule has 0 unspecified atom stereocenters. The first-order chi connectivity index (χ1) is 18.3. The summed E-state index contributed by atoms with van der Waals surface area (Å²) in [5, 5.41) is 9.49. The van der Waals surface area contributed by atoms with Crippen LogP contribution in [0.25, 0.3) is 22.4 Å². The molecule has 2 fully saturated rings. The quantitative estimate of drug-likeness (QED) is 0.381. The predicted octanol–water partition coefficient (Wildman–Crippen LogP) is 1.47. The lowest BCUT2D eigenvalue weighted by molar-refractivity contribution is -0.131. The van der Waals surface area contributed by atoms with Crippen LogP contribution in [0, 0.1) is 5.82 Å². The molecule has 0 radical (unpaired) electrons. The maximum Gasteiger partial charge on any atom is 0.280 e. The summed E-state index contributed by atoms with van der Waals surface area (Å²) in [6, 6.07) is -1.20. The van der Waals surface area contributed by atoms with Gasteiger partial charge in [0, 0.05) is 31.5 Å². The number of piperidine rings is 1. The maximum atomic E-state index is 15.3. The zero-order valence-electron chi connectivity index (χ0n) is 20.5. The lowest BCUT2D eigenvalue weighted by Crippen LogP contribution is -2.61. The number of carbonyl (C=O) groups is 1. The molecule has 12 nitrogen and oxygen atoms in total. The van der Waals surface area contributed by atoms with E-state index in [1.54, 1.807) is 4.90 Å². The molecule has 0 bridgehead atoms. The Morgan fingerprint density at radius 2 is 2.03 bits per heavy atom. The van der Waals surface area contributed by atoms with Crippen molar-refractivity contribution in [1.29, 1.82) is 0 Å². The van der Waals surface area contributed by atoms with E-state index in [1.165, 1.54) is 41.7 Å². The van der Waals surface area contributed by atoms with E-state index in [9.17, 15) is 13.6 Å². The standard InChI is InChI=1S/C23H24F3N9O3/c1-27-19(36)15-6-29-22-28-5-12(7-34(15)22)17-14(24)8-35-18(17)20(37-2)31-21(32-35)30-16-3-4-33(11-23(16,25)26)13-9-38-10-13/h5-8,13,16H,3-4,9-11H2,1-2H3,(H,27,36)(H,30,32)/t16-/m1/s1. The number of amides is 1. The fourth-order valence-corrected chi connectivity index (χ4v) is 4.84. The molecule has 6 heterocycles. The SMILES string of the molecule is CNC(=O)c1cnc2ncc(-c3c(F)cn4nc(N[C@@H]5CCN(C6COC6)CC5(F)F)nc(OC)c34)cn12. The second-order valence-corrected chi connectivity index (χ2v) is 9.23. The number of nitrogens with one attached hydrogen (secondary N) is 2. The van der Waals surface area contributed by atoms with Crippen LogP contribution in [0.15, 0.2) is 24.8 Å². The Hall–Kier alpha value is -3.98. The molecule has 38 heavy (non-hydrogen) atoms. The lowest BCUT2D eigenvalue weighted by atomic mass is 9.98. The van der Waals surface area contributed by atoms with Crippen molar-refractivity contribution in [3.05, 3.63) is 36.3 Å². The van der Waals surface area contributed by atoms with Gasteiger partial charge in [0.25, 0.3) is 11.8 Å². The van der Waals surface area contributed by atoms with Crippen LogP contribution in [-0.2, 0) is 4.74 Å². The van der Waals surface area contributed by atoms with E-state index in [0.29, 0.717) is 25.3 Å². The average molecular weight is 531 g/mol. The molecule has 6 rings (SSSR count). The molecule has 0 aromatic carbocycles.